The largest absolute Gasteiger partial charge is 0.493 e. The van der Waals surface area contributed by atoms with Crippen molar-refractivity contribution in [3.05, 3.63) is 60.7 Å². The SMILES string of the molecule is COc1ccccc1Oc1ccc(NC(=O)[C@@H]2[C@H]3C=C[C@H]([C@H]4C[C@H]34)[C@@H]2C(=O)O)cc1. The Morgan fingerprint density at radius 1 is 0.933 bits per heavy atom. The molecule has 0 aromatic heterocycles. The molecule has 30 heavy (non-hydrogen) atoms. The first-order chi connectivity index (χ1) is 14.6. The summed E-state index contributed by atoms with van der Waals surface area (Å²) in [6, 6.07) is 14.4. The van der Waals surface area contributed by atoms with E-state index in [4.69, 9.17) is 9.47 Å². The summed E-state index contributed by atoms with van der Waals surface area (Å²) in [7, 11) is 1.59. The molecule has 2 N–H and O–H groups in total. The van der Waals surface area contributed by atoms with E-state index >= 15 is 0 Å². The number of hydrogen-bond donors (Lipinski definition) is 2. The molecule has 0 saturated heterocycles. The van der Waals surface area contributed by atoms with Crippen LogP contribution in [0.15, 0.2) is 60.7 Å². The molecule has 4 aliphatic rings. The van der Waals surface area contributed by atoms with Gasteiger partial charge >= 0.3 is 5.97 Å². The highest BCUT2D eigenvalue weighted by atomic mass is 16.5. The van der Waals surface area contributed by atoms with Crippen LogP contribution in [-0.4, -0.2) is 24.1 Å². The van der Waals surface area contributed by atoms with Crippen LogP contribution in [0.25, 0.3) is 0 Å². The maximum atomic E-state index is 13.0. The molecule has 2 aromatic rings. The van der Waals surface area contributed by atoms with Gasteiger partial charge in [-0.05, 0) is 66.5 Å². The van der Waals surface area contributed by atoms with Crippen molar-refractivity contribution in [2.45, 2.75) is 6.42 Å². The number of methoxy groups -OCH3 is 1. The van der Waals surface area contributed by atoms with E-state index in [1.54, 1.807) is 31.4 Å². The predicted octanol–water partition coefficient (Wildman–Crippen LogP) is 4.19. The van der Waals surface area contributed by atoms with Gasteiger partial charge in [0.25, 0.3) is 0 Å². The van der Waals surface area contributed by atoms with Gasteiger partial charge < -0.3 is 19.9 Å². The maximum Gasteiger partial charge on any atom is 0.307 e. The van der Waals surface area contributed by atoms with Crippen LogP contribution in [0, 0.1) is 35.5 Å². The number of carbonyl (C=O) groups excluding carboxylic acids is 1. The number of anilines is 1. The van der Waals surface area contributed by atoms with Crippen molar-refractivity contribution in [3.8, 4) is 17.2 Å². The lowest BCUT2D eigenvalue weighted by Crippen LogP contribution is -2.48. The number of allylic oxidation sites excluding steroid dienone is 2. The molecule has 6 rings (SSSR count). The number of carbonyl (C=O) groups is 2. The molecule has 0 unspecified atom stereocenters. The fourth-order valence-corrected chi connectivity index (χ4v) is 5.23. The number of hydrogen-bond acceptors (Lipinski definition) is 4. The standard InChI is InChI=1S/C24H23NO5/c1-29-19-4-2-3-5-20(19)30-14-8-6-13(7-9-14)25-23(26)21-15-10-11-16(18-12-17(15)18)22(21)24(27)28/h2-11,15-18,21-22H,12H2,1H3,(H,25,26)(H,27,28)/t15-,16+,17+,18+,21+,22-/m0/s1. The van der Waals surface area contributed by atoms with E-state index in [-0.39, 0.29) is 17.7 Å². The smallest absolute Gasteiger partial charge is 0.307 e. The van der Waals surface area contributed by atoms with Gasteiger partial charge in [-0.1, -0.05) is 24.3 Å². The van der Waals surface area contributed by atoms with Crippen LogP contribution < -0.4 is 14.8 Å². The molecule has 6 nitrogen and oxygen atoms in total. The van der Waals surface area contributed by atoms with Gasteiger partial charge in [0.05, 0.1) is 18.9 Å². The second-order valence-corrected chi connectivity index (χ2v) is 8.26. The number of benzene rings is 2. The zero-order valence-corrected chi connectivity index (χ0v) is 16.5. The summed E-state index contributed by atoms with van der Waals surface area (Å²) in [4.78, 5) is 24.9. The van der Waals surface area contributed by atoms with E-state index in [1.807, 2.05) is 30.3 Å². The number of amides is 1. The molecule has 1 amide bonds. The molecule has 0 aliphatic heterocycles. The van der Waals surface area contributed by atoms with Crippen LogP contribution in [0.3, 0.4) is 0 Å². The van der Waals surface area contributed by atoms with Crippen molar-refractivity contribution < 1.29 is 24.2 Å². The topological polar surface area (TPSA) is 84.9 Å². The summed E-state index contributed by atoms with van der Waals surface area (Å²) < 4.78 is 11.2. The number of aliphatic carboxylic acids is 1. The fraction of sp³-hybridized carbons (Fsp3) is 0.333. The van der Waals surface area contributed by atoms with Crippen molar-refractivity contribution >= 4 is 17.6 Å². The molecule has 2 aromatic carbocycles. The third-order valence-electron chi connectivity index (χ3n) is 6.66. The Kier molecular flexibility index (Phi) is 4.50. The summed E-state index contributed by atoms with van der Waals surface area (Å²) in [5.74, 6) is 0.493. The first kappa shape index (κ1) is 18.7. The molecule has 154 valence electrons. The van der Waals surface area contributed by atoms with Gasteiger partial charge in [-0.3, -0.25) is 9.59 Å². The molecule has 0 radical (unpaired) electrons. The Hall–Kier alpha value is -3.28. The van der Waals surface area contributed by atoms with E-state index < -0.39 is 17.8 Å². The number of para-hydroxylation sites is 2. The molecule has 6 heteroatoms. The number of carboxylic acids is 1. The van der Waals surface area contributed by atoms with E-state index in [0.29, 0.717) is 34.8 Å². The highest BCUT2D eigenvalue weighted by molar-refractivity contribution is 5.96. The van der Waals surface area contributed by atoms with Crippen LogP contribution in [0.4, 0.5) is 5.69 Å². The van der Waals surface area contributed by atoms with E-state index in [1.165, 1.54) is 0 Å². The zero-order valence-electron chi connectivity index (χ0n) is 16.5. The van der Waals surface area contributed by atoms with Crippen LogP contribution in [0.5, 0.6) is 17.2 Å². The van der Waals surface area contributed by atoms with Crippen LogP contribution in [-0.2, 0) is 9.59 Å². The van der Waals surface area contributed by atoms with Crippen molar-refractivity contribution in [1.82, 2.24) is 0 Å². The molecule has 0 spiro atoms. The highest BCUT2D eigenvalue weighted by Gasteiger charge is 2.62. The normalized spacial score (nSPS) is 30.3. The van der Waals surface area contributed by atoms with Gasteiger partial charge in [0, 0.05) is 5.69 Å². The van der Waals surface area contributed by atoms with Crippen molar-refractivity contribution in [3.63, 3.8) is 0 Å². The van der Waals surface area contributed by atoms with Crippen molar-refractivity contribution in [1.29, 1.82) is 0 Å². The molecule has 4 aliphatic carbocycles. The van der Waals surface area contributed by atoms with Gasteiger partial charge in [-0.15, -0.1) is 0 Å². The number of ether oxygens (including phenoxy) is 2. The Morgan fingerprint density at radius 3 is 2.20 bits per heavy atom. The fourth-order valence-electron chi connectivity index (χ4n) is 5.23. The van der Waals surface area contributed by atoms with E-state index in [0.717, 1.165) is 6.42 Å². The molecular weight excluding hydrogens is 382 g/mol. The highest BCUT2D eigenvalue weighted by Crippen LogP contribution is 2.63. The maximum absolute atomic E-state index is 13.0. The lowest BCUT2D eigenvalue weighted by Gasteiger charge is -2.41. The van der Waals surface area contributed by atoms with Crippen LogP contribution >= 0.6 is 0 Å². The van der Waals surface area contributed by atoms with E-state index in [2.05, 4.69) is 11.4 Å². The van der Waals surface area contributed by atoms with Gasteiger partial charge in [0.15, 0.2) is 11.5 Å². The second-order valence-electron chi connectivity index (χ2n) is 8.26. The molecule has 2 bridgehead atoms. The Balaban J connectivity index is 1.30. The first-order valence-corrected chi connectivity index (χ1v) is 10.2. The van der Waals surface area contributed by atoms with Crippen LogP contribution in [0.2, 0.25) is 0 Å². The van der Waals surface area contributed by atoms with E-state index in [9.17, 15) is 14.7 Å². The second kappa shape index (κ2) is 7.20. The summed E-state index contributed by atoms with van der Waals surface area (Å²) in [5.41, 5.74) is 0.620. The molecule has 2 saturated carbocycles. The minimum Gasteiger partial charge on any atom is -0.493 e. The Labute approximate surface area is 174 Å². The molecular formula is C24H23NO5. The average Bonchev–Trinajstić information content (AvgIpc) is 3.57. The molecule has 2 fully saturated rings. The Bertz CT molecular complexity index is 1010. The number of carboxylic acid groups (broad SMARTS) is 1. The van der Waals surface area contributed by atoms with Gasteiger partial charge in [-0.25, -0.2) is 0 Å². The van der Waals surface area contributed by atoms with Crippen molar-refractivity contribution in [2.75, 3.05) is 12.4 Å². The third kappa shape index (κ3) is 3.12. The number of fused-ring (bicyclic) bond motifs is 1. The lowest BCUT2D eigenvalue weighted by atomic mass is 9.62. The van der Waals surface area contributed by atoms with Gasteiger partial charge in [-0.2, -0.15) is 0 Å². The minimum absolute atomic E-state index is 0.0225. The van der Waals surface area contributed by atoms with Crippen LogP contribution in [0.1, 0.15) is 6.42 Å². The average molecular weight is 405 g/mol. The minimum atomic E-state index is -0.875. The number of rotatable bonds is 6. The molecule has 6 atom stereocenters. The Morgan fingerprint density at radius 2 is 1.57 bits per heavy atom. The zero-order chi connectivity index (χ0) is 20.8. The molecule has 0 heterocycles. The quantitative estimate of drug-likeness (QED) is 0.704. The van der Waals surface area contributed by atoms with Gasteiger partial charge in [0.2, 0.25) is 5.91 Å². The number of nitrogens with one attached hydrogen (secondary N) is 1. The predicted molar refractivity (Wildman–Crippen MR) is 110 cm³/mol. The van der Waals surface area contributed by atoms with Gasteiger partial charge in [0.1, 0.15) is 5.75 Å². The summed E-state index contributed by atoms with van der Waals surface area (Å²) in [6.07, 6.45) is 5.11. The first-order valence-electron chi connectivity index (χ1n) is 10.2. The summed E-state index contributed by atoms with van der Waals surface area (Å²) in [5, 5.41) is 12.7. The van der Waals surface area contributed by atoms with Crippen molar-refractivity contribution in [2.24, 2.45) is 35.5 Å². The third-order valence-corrected chi connectivity index (χ3v) is 6.66. The summed E-state index contributed by atoms with van der Waals surface area (Å²) in [6.45, 7) is 0. The lowest BCUT2D eigenvalue weighted by molar-refractivity contribution is -0.152. The summed E-state index contributed by atoms with van der Waals surface area (Å²) >= 11 is 0. The monoisotopic (exact) mass is 405 g/mol.